The zero-order valence-electron chi connectivity index (χ0n) is 22.0. The Morgan fingerprint density at radius 3 is 2.38 bits per heavy atom. The van der Waals surface area contributed by atoms with Gasteiger partial charge in [-0.2, -0.15) is 0 Å². The van der Waals surface area contributed by atoms with Crippen molar-refractivity contribution in [3.63, 3.8) is 0 Å². The number of anilines is 1. The Hall–Kier alpha value is -3.89. The Balaban J connectivity index is 2.12. The molecule has 1 aromatic carbocycles. The number of amides is 1. The van der Waals surface area contributed by atoms with Crippen LogP contribution >= 0.6 is 23.2 Å². The molecule has 12 heteroatoms. The van der Waals surface area contributed by atoms with Gasteiger partial charge in [-0.1, -0.05) is 35.9 Å². The Bertz CT molecular complexity index is 1340. The fourth-order valence-corrected chi connectivity index (χ4v) is 4.57. The van der Waals surface area contributed by atoms with Crippen molar-refractivity contribution >= 4 is 52.7 Å². The van der Waals surface area contributed by atoms with Gasteiger partial charge in [0.15, 0.2) is 6.61 Å². The molecule has 40 heavy (non-hydrogen) atoms. The van der Waals surface area contributed by atoms with Crippen LogP contribution in [0.25, 0.3) is 0 Å². The summed E-state index contributed by atoms with van der Waals surface area (Å²) in [5, 5.41) is 0.207. The molecule has 0 aliphatic heterocycles. The van der Waals surface area contributed by atoms with Crippen molar-refractivity contribution in [1.82, 2.24) is 4.98 Å². The molecule has 1 aromatic heterocycles. The van der Waals surface area contributed by atoms with E-state index in [1.165, 1.54) is 55.8 Å². The third-order valence-electron chi connectivity index (χ3n) is 5.97. The van der Waals surface area contributed by atoms with Gasteiger partial charge in [-0.3, -0.25) is 9.78 Å². The summed E-state index contributed by atoms with van der Waals surface area (Å²) in [6.07, 6.45) is 6.38. The van der Waals surface area contributed by atoms with Crippen LogP contribution in [0.2, 0.25) is 10.0 Å². The minimum absolute atomic E-state index is 0.00339. The zero-order chi connectivity index (χ0) is 29.2. The molecule has 3 rings (SSSR count). The first-order valence-electron chi connectivity index (χ1n) is 12.2. The summed E-state index contributed by atoms with van der Waals surface area (Å²) >= 11 is 12.9. The van der Waals surface area contributed by atoms with Gasteiger partial charge in [-0.25, -0.2) is 14.4 Å². The number of benzene rings is 1. The number of carbonyl (C=O) groups is 4. The second-order valence-electron chi connectivity index (χ2n) is 8.61. The van der Waals surface area contributed by atoms with E-state index in [4.69, 9.17) is 37.4 Å². The molecule has 1 heterocycles. The molecule has 0 N–H and O–H groups in total. The number of pyridine rings is 1. The van der Waals surface area contributed by atoms with E-state index in [0.29, 0.717) is 31.2 Å². The van der Waals surface area contributed by atoms with E-state index in [-0.39, 0.29) is 51.3 Å². The van der Waals surface area contributed by atoms with Gasteiger partial charge in [0.2, 0.25) is 0 Å². The third kappa shape index (κ3) is 7.61. The van der Waals surface area contributed by atoms with Crippen molar-refractivity contribution in [3.8, 4) is 5.75 Å². The van der Waals surface area contributed by atoms with E-state index in [0.717, 1.165) is 0 Å². The largest absolute Gasteiger partial charge is 0.480 e. The standard InChI is InChI=1S/C28H28Cl2N2O8/c1-4-9-39-28(36)20-8-6-5-7-19(20)26(34)32(15-17-10-18(14-31-13-17)27(35)38-3)23-12-24(22(30)11-21(23)29)40-16-25(33)37-2/h4,10-14H,1,5-9,15-16H2,2-3H3. The molecule has 0 fully saturated rings. The number of esters is 3. The predicted molar refractivity (Wildman–Crippen MR) is 147 cm³/mol. The maximum atomic E-state index is 14.1. The number of ether oxygens (including phenoxy) is 4. The molecule has 1 aliphatic rings. The highest BCUT2D eigenvalue weighted by atomic mass is 35.5. The number of halogens is 2. The maximum absolute atomic E-state index is 14.1. The molecule has 1 aliphatic carbocycles. The lowest BCUT2D eigenvalue weighted by Crippen LogP contribution is -2.34. The summed E-state index contributed by atoms with van der Waals surface area (Å²) in [7, 11) is 2.46. The number of aromatic nitrogens is 1. The number of nitrogens with zero attached hydrogens (tertiary/aromatic N) is 2. The molecule has 0 spiro atoms. The predicted octanol–water partition coefficient (Wildman–Crippen LogP) is 4.86. The molecule has 0 saturated carbocycles. The molecular weight excluding hydrogens is 563 g/mol. The van der Waals surface area contributed by atoms with Gasteiger partial charge in [0.1, 0.15) is 12.4 Å². The second-order valence-corrected chi connectivity index (χ2v) is 9.43. The Labute approximate surface area is 241 Å². The van der Waals surface area contributed by atoms with Gasteiger partial charge in [-0.05, 0) is 43.4 Å². The Morgan fingerprint density at radius 2 is 1.70 bits per heavy atom. The molecule has 10 nitrogen and oxygen atoms in total. The molecule has 212 valence electrons. The normalized spacial score (nSPS) is 12.8. The molecule has 0 unspecified atom stereocenters. The summed E-state index contributed by atoms with van der Waals surface area (Å²) in [6.45, 7) is 3.04. The summed E-state index contributed by atoms with van der Waals surface area (Å²) in [5.74, 6) is -2.26. The van der Waals surface area contributed by atoms with E-state index in [1.54, 1.807) is 0 Å². The third-order valence-corrected chi connectivity index (χ3v) is 6.57. The number of methoxy groups -OCH3 is 2. The van der Waals surface area contributed by atoms with Gasteiger partial charge in [0.05, 0.1) is 42.1 Å². The minimum Gasteiger partial charge on any atom is -0.480 e. The SMILES string of the molecule is C=CCOC(=O)C1=C(C(=O)N(Cc2cncc(C(=O)OC)c2)c2cc(OCC(=O)OC)c(Cl)cc2Cl)CCCC1. The van der Waals surface area contributed by atoms with Crippen molar-refractivity contribution in [2.24, 2.45) is 0 Å². The number of hydrogen-bond acceptors (Lipinski definition) is 9. The number of rotatable bonds is 11. The minimum atomic E-state index is -0.638. The first-order chi connectivity index (χ1) is 19.2. The lowest BCUT2D eigenvalue weighted by atomic mass is 9.90. The first kappa shape index (κ1) is 30.6. The van der Waals surface area contributed by atoms with Gasteiger partial charge >= 0.3 is 17.9 Å². The van der Waals surface area contributed by atoms with Crippen molar-refractivity contribution in [2.45, 2.75) is 32.2 Å². The van der Waals surface area contributed by atoms with Crippen LogP contribution < -0.4 is 9.64 Å². The van der Waals surface area contributed by atoms with Crippen LogP contribution in [0.4, 0.5) is 5.69 Å². The highest BCUT2D eigenvalue weighted by Crippen LogP contribution is 2.39. The van der Waals surface area contributed by atoms with Crippen molar-refractivity contribution < 1.29 is 38.1 Å². The average molecular weight is 591 g/mol. The van der Waals surface area contributed by atoms with Crippen LogP contribution in [0.1, 0.15) is 41.6 Å². The lowest BCUT2D eigenvalue weighted by molar-refractivity contribution is -0.143. The Morgan fingerprint density at radius 1 is 0.975 bits per heavy atom. The van der Waals surface area contributed by atoms with Crippen LogP contribution in [-0.2, 0) is 35.1 Å². The van der Waals surface area contributed by atoms with E-state index in [9.17, 15) is 19.2 Å². The van der Waals surface area contributed by atoms with E-state index in [1.807, 2.05) is 0 Å². The molecule has 1 amide bonds. The summed E-state index contributed by atoms with van der Waals surface area (Å²) in [4.78, 5) is 56.1. The zero-order valence-corrected chi connectivity index (χ0v) is 23.5. The highest BCUT2D eigenvalue weighted by molar-refractivity contribution is 6.37. The highest BCUT2D eigenvalue weighted by Gasteiger charge is 2.30. The first-order valence-corrected chi connectivity index (χ1v) is 13.0. The van der Waals surface area contributed by atoms with Gasteiger partial charge in [0.25, 0.3) is 5.91 Å². The van der Waals surface area contributed by atoms with Crippen molar-refractivity contribution in [2.75, 3.05) is 32.3 Å². The van der Waals surface area contributed by atoms with Gasteiger partial charge < -0.3 is 23.8 Å². The van der Waals surface area contributed by atoms with Gasteiger partial charge in [0, 0.05) is 29.6 Å². The molecular formula is C28H28Cl2N2O8. The Kier molecular flexibility index (Phi) is 11.1. The molecule has 0 radical (unpaired) electrons. The fourth-order valence-electron chi connectivity index (χ4n) is 4.04. The number of carbonyl (C=O) groups excluding carboxylic acids is 4. The second kappa shape index (κ2) is 14.5. The summed E-state index contributed by atoms with van der Waals surface area (Å²) in [6, 6.07) is 4.33. The van der Waals surface area contributed by atoms with Gasteiger partial charge in [-0.15, -0.1) is 0 Å². The monoisotopic (exact) mass is 590 g/mol. The quantitative estimate of drug-likeness (QED) is 0.205. The van der Waals surface area contributed by atoms with E-state index < -0.39 is 30.4 Å². The molecule has 0 saturated heterocycles. The van der Waals surface area contributed by atoms with Crippen LogP contribution in [0.5, 0.6) is 5.75 Å². The lowest BCUT2D eigenvalue weighted by Gasteiger charge is -2.28. The van der Waals surface area contributed by atoms with Crippen LogP contribution in [0.3, 0.4) is 0 Å². The van der Waals surface area contributed by atoms with Crippen LogP contribution in [0.15, 0.2) is 54.4 Å². The van der Waals surface area contributed by atoms with E-state index in [2.05, 4.69) is 16.3 Å². The number of hydrogen-bond donors (Lipinski definition) is 0. The van der Waals surface area contributed by atoms with Crippen molar-refractivity contribution in [1.29, 1.82) is 0 Å². The smallest absolute Gasteiger partial charge is 0.343 e. The maximum Gasteiger partial charge on any atom is 0.343 e. The van der Waals surface area contributed by atoms with Crippen LogP contribution in [-0.4, -0.2) is 56.2 Å². The summed E-state index contributed by atoms with van der Waals surface area (Å²) in [5.41, 5.74) is 1.40. The van der Waals surface area contributed by atoms with Crippen LogP contribution in [0, 0.1) is 0 Å². The summed E-state index contributed by atoms with van der Waals surface area (Å²) < 4.78 is 20.1. The van der Waals surface area contributed by atoms with Crippen molar-refractivity contribution in [3.05, 3.63) is 75.6 Å². The van der Waals surface area contributed by atoms with E-state index >= 15 is 0 Å². The molecule has 0 atom stereocenters. The average Bonchev–Trinajstić information content (AvgIpc) is 2.97. The topological polar surface area (TPSA) is 121 Å². The fraction of sp³-hybridized carbons (Fsp3) is 0.321. The molecule has 2 aromatic rings. The molecule has 0 bridgehead atoms.